The average molecular weight is 463 g/mol. The van der Waals surface area contributed by atoms with Gasteiger partial charge in [0.1, 0.15) is 18.5 Å². The number of amides is 2. The summed E-state index contributed by atoms with van der Waals surface area (Å²) in [5.41, 5.74) is 6.55. The van der Waals surface area contributed by atoms with Gasteiger partial charge >= 0.3 is 0 Å². The SMILES string of the molecule is COCC(=O)N1CCC(N(Cc2ccc(F)cc2)Cc2cccs2)C[C@@H]1C(=O)NCCN. The lowest BCUT2D eigenvalue weighted by Gasteiger charge is -2.42. The zero-order chi connectivity index (χ0) is 22.9. The van der Waals surface area contributed by atoms with Crippen LogP contribution in [0, 0.1) is 5.82 Å². The van der Waals surface area contributed by atoms with Crippen molar-refractivity contribution in [3.05, 3.63) is 58.0 Å². The Morgan fingerprint density at radius 3 is 2.72 bits per heavy atom. The molecule has 2 atom stereocenters. The molecular formula is C23H31FN4O3S. The topological polar surface area (TPSA) is 87.9 Å². The van der Waals surface area contributed by atoms with Gasteiger partial charge in [0.2, 0.25) is 11.8 Å². The number of ether oxygens (including phenoxy) is 1. The van der Waals surface area contributed by atoms with E-state index in [-0.39, 0.29) is 30.3 Å². The van der Waals surface area contributed by atoms with Gasteiger partial charge in [-0.05, 0) is 42.0 Å². The van der Waals surface area contributed by atoms with E-state index in [2.05, 4.69) is 16.3 Å². The molecule has 0 saturated carbocycles. The molecule has 3 rings (SSSR count). The van der Waals surface area contributed by atoms with Crippen molar-refractivity contribution in [3.8, 4) is 0 Å². The van der Waals surface area contributed by atoms with Crippen LogP contribution in [0.15, 0.2) is 41.8 Å². The summed E-state index contributed by atoms with van der Waals surface area (Å²) in [5.74, 6) is -0.648. The summed E-state index contributed by atoms with van der Waals surface area (Å²) in [4.78, 5) is 30.6. The Morgan fingerprint density at radius 1 is 1.28 bits per heavy atom. The third-order valence-electron chi connectivity index (χ3n) is 5.66. The molecule has 1 aromatic carbocycles. The third kappa shape index (κ3) is 6.59. The number of piperidine rings is 1. The highest BCUT2D eigenvalue weighted by atomic mass is 32.1. The monoisotopic (exact) mass is 462 g/mol. The maximum absolute atomic E-state index is 13.4. The van der Waals surface area contributed by atoms with Crippen LogP contribution >= 0.6 is 11.3 Å². The molecule has 7 nitrogen and oxygen atoms in total. The molecule has 0 aliphatic carbocycles. The number of hydrogen-bond acceptors (Lipinski definition) is 6. The predicted molar refractivity (Wildman–Crippen MR) is 122 cm³/mol. The van der Waals surface area contributed by atoms with Crippen molar-refractivity contribution >= 4 is 23.2 Å². The number of nitrogens with two attached hydrogens (primary N) is 1. The van der Waals surface area contributed by atoms with Crippen molar-refractivity contribution in [2.75, 3.05) is 33.4 Å². The lowest BCUT2D eigenvalue weighted by Crippen LogP contribution is -2.58. The van der Waals surface area contributed by atoms with Gasteiger partial charge in [0.15, 0.2) is 0 Å². The first-order valence-electron chi connectivity index (χ1n) is 10.8. The first kappa shape index (κ1) is 24.3. The van der Waals surface area contributed by atoms with Crippen molar-refractivity contribution < 1.29 is 18.7 Å². The summed E-state index contributed by atoms with van der Waals surface area (Å²) in [6.45, 7) is 2.47. The predicted octanol–water partition coefficient (Wildman–Crippen LogP) is 1.97. The van der Waals surface area contributed by atoms with E-state index in [0.29, 0.717) is 32.6 Å². The van der Waals surface area contributed by atoms with Gasteiger partial charge < -0.3 is 20.7 Å². The lowest BCUT2D eigenvalue weighted by molar-refractivity contribution is -0.146. The Morgan fingerprint density at radius 2 is 2.06 bits per heavy atom. The van der Waals surface area contributed by atoms with Crippen molar-refractivity contribution in [3.63, 3.8) is 0 Å². The molecule has 2 aromatic rings. The van der Waals surface area contributed by atoms with Gasteiger partial charge in [-0.3, -0.25) is 14.5 Å². The van der Waals surface area contributed by atoms with Gasteiger partial charge in [0.05, 0.1) is 0 Å². The largest absolute Gasteiger partial charge is 0.375 e. The number of nitrogens with zero attached hydrogens (tertiary/aromatic N) is 2. The summed E-state index contributed by atoms with van der Waals surface area (Å²) in [6, 6.07) is 10.1. The lowest BCUT2D eigenvalue weighted by atomic mass is 9.94. The molecule has 3 N–H and O–H groups in total. The molecule has 1 aliphatic heterocycles. The Balaban J connectivity index is 1.80. The van der Waals surface area contributed by atoms with Gasteiger partial charge in [0.25, 0.3) is 0 Å². The van der Waals surface area contributed by atoms with Crippen LogP contribution in [0.25, 0.3) is 0 Å². The molecule has 32 heavy (non-hydrogen) atoms. The Kier molecular flexibility index (Phi) is 9.16. The van der Waals surface area contributed by atoms with E-state index in [1.165, 1.54) is 24.1 Å². The molecule has 9 heteroatoms. The minimum Gasteiger partial charge on any atom is -0.375 e. The highest BCUT2D eigenvalue weighted by molar-refractivity contribution is 7.09. The van der Waals surface area contributed by atoms with E-state index in [1.807, 2.05) is 11.4 Å². The van der Waals surface area contributed by atoms with Crippen LogP contribution in [0.2, 0.25) is 0 Å². The molecule has 0 radical (unpaired) electrons. The fourth-order valence-corrected chi connectivity index (χ4v) is 4.82. The third-order valence-corrected chi connectivity index (χ3v) is 6.52. The Bertz CT molecular complexity index is 863. The quantitative estimate of drug-likeness (QED) is 0.564. The van der Waals surface area contributed by atoms with Crippen molar-refractivity contribution in [2.45, 2.75) is 38.0 Å². The van der Waals surface area contributed by atoms with Gasteiger partial charge in [0, 0.05) is 50.8 Å². The number of nitrogens with one attached hydrogen (secondary N) is 1. The van der Waals surface area contributed by atoms with Gasteiger partial charge in [-0.2, -0.15) is 0 Å². The highest BCUT2D eigenvalue weighted by Crippen LogP contribution is 2.27. The molecule has 1 fully saturated rings. The molecule has 174 valence electrons. The van der Waals surface area contributed by atoms with Crippen LogP contribution in [0.4, 0.5) is 4.39 Å². The number of thiophene rings is 1. The maximum Gasteiger partial charge on any atom is 0.249 e. The zero-order valence-corrected chi connectivity index (χ0v) is 19.2. The summed E-state index contributed by atoms with van der Waals surface area (Å²) in [5, 5.41) is 4.88. The molecule has 1 saturated heterocycles. The number of methoxy groups -OCH3 is 1. The summed E-state index contributed by atoms with van der Waals surface area (Å²) >= 11 is 1.68. The number of rotatable bonds is 10. The normalized spacial score (nSPS) is 18.7. The van der Waals surface area contributed by atoms with E-state index in [9.17, 15) is 14.0 Å². The summed E-state index contributed by atoms with van der Waals surface area (Å²) < 4.78 is 18.4. The Labute approximate surface area is 192 Å². The van der Waals surface area contributed by atoms with Gasteiger partial charge in [-0.1, -0.05) is 18.2 Å². The molecule has 1 aromatic heterocycles. The first-order chi connectivity index (χ1) is 15.5. The number of benzene rings is 1. The van der Waals surface area contributed by atoms with E-state index in [1.54, 1.807) is 28.4 Å². The van der Waals surface area contributed by atoms with Gasteiger partial charge in [-0.15, -0.1) is 11.3 Å². The van der Waals surface area contributed by atoms with E-state index in [0.717, 1.165) is 18.5 Å². The minimum atomic E-state index is -0.581. The minimum absolute atomic E-state index is 0.0557. The van der Waals surface area contributed by atoms with Crippen LogP contribution in [0.5, 0.6) is 0 Å². The maximum atomic E-state index is 13.4. The van der Waals surface area contributed by atoms with Crippen molar-refractivity contribution in [1.29, 1.82) is 0 Å². The fourth-order valence-electron chi connectivity index (χ4n) is 4.09. The smallest absolute Gasteiger partial charge is 0.249 e. The second kappa shape index (κ2) is 12.1. The van der Waals surface area contributed by atoms with Crippen molar-refractivity contribution in [1.82, 2.24) is 15.1 Å². The van der Waals surface area contributed by atoms with E-state index in [4.69, 9.17) is 10.5 Å². The van der Waals surface area contributed by atoms with Crippen molar-refractivity contribution in [2.24, 2.45) is 5.73 Å². The standard InChI is InChI=1S/C23H31FN4O3S/c1-31-16-22(29)28-11-8-19(13-21(28)23(30)26-10-9-25)27(15-20-3-2-12-32-20)14-17-4-6-18(24)7-5-17/h2-7,12,19,21H,8-11,13-16,25H2,1H3,(H,26,30)/t19?,21-/m1/s1. The van der Waals surface area contributed by atoms with Crippen LogP contribution in [-0.4, -0.2) is 67.0 Å². The second-order valence-electron chi connectivity index (χ2n) is 7.90. The van der Waals surface area contributed by atoms with E-state index < -0.39 is 6.04 Å². The number of likely N-dealkylation sites (tertiary alicyclic amines) is 1. The second-order valence-corrected chi connectivity index (χ2v) is 8.94. The molecule has 1 aliphatic rings. The molecule has 2 heterocycles. The van der Waals surface area contributed by atoms with E-state index >= 15 is 0 Å². The highest BCUT2D eigenvalue weighted by Gasteiger charge is 2.38. The van der Waals surface area contributed by atoms with Gasteiger partial charge in [-0.25, -0.2) is 4.39 Å². The molecule has 0 bridgehead atoms. The molecule has 0 spiro atoms. The molecule has 2 amide bonds. The molecular weight excluding hydrogens is 431 g/mol. The summed E-state index contributed by atoms with van der Waals surface area (Å²) in [6.07, 6.45) is 1.25. The van der Waals surface area contributed by atoms with Crippen LogP contribution < -0.4 is 11.1 Å². The fraction of sp³-hybridized carbons (Fsp3) is 0.478. The number of halogens is 1. The Hall–Kier alpha value is -2.33. The number of carbonyl (C=O) groups excluding carboxylic acids is 2. The average Bonchev–Trinajstić information content (AvgIpc) is 3.31. The zero-order valence-electron chi connectivity index (χ0n) is 18.3. The number of carbonyl (C=O) groups is 2. The van der Waals surface area contributed by atoms with Crippen LogP contribution in [0.3, 0.4) is 0 Å². The molecule has 1 unspecified atom stereocenters. The van der Waals surface area contributed by atoms with Crippen LogP contribution in [0.1, 0.15) is 23.3 Å². The van der Waals surface area contributed by atoms with Crippen LogP contribution in [-0.2, 0) is 27.4 Å². The summed E-state index contributed by atoms with van der Waals surface area (Å²) in [7, 11) is 1.47. The first-order valence-corrected chi connectivity index (χ1v) is 11.7. The number of hydrogen-bond donors (Lipinski definition) is 2.